The zero-order valence-corrected chi connectivity index (χ0v) is 11.0. The largest absolute Gasteiger partial charge is 0.237 e. The molecule has 3 heteroatoms. The van der Waals surface area contributed by atoms with Crippen molar-refractivity contribution in [3.8, 4) is 0 Å². The molecule has 0 aromatic heterocycles. The van der Waals surface area contributed by atoms with Crippen LogP contribution in [0.1, 0.15) is 64.2 Å². The summed E-state index contributed by atoms with van der Waals surface area (Å²) in [4.78, 5) is 0. The molecule has 0 radical (unpaired) electrons. The average molecular weight is 237 g/mol. The van der Waals surface area contributed by atoms with Crippen LogP contribution in [-0.2, 0) is 0 Å². The quantitative estimate of drug-likeness (QED) is 0.699. The Morgan fingerprint density at radius 3 is 2.29 bits per heavy atom. The molecule has 3 aliphatic rings. The maximum atomic E-state index is 3.79. The summed E-state index contributed by atoms with van der Waals surface area (Å²) in [5.41, 5.74) is 3.79. The van der Waals surface area contributed by atoms with E-state index >= 15 is 0 Å². The summed E-state index contributed by atoms with van der Waals surface area (Å²) >= 11 is 0. The van der Waals surface area contributed by atoms with Crippen LogP contribution in [0.25, 0.3) is 0 Å². The van der Waals surface area contributed by atoms with Crippen LogP contribution in [-0.4, -0.2) is 35.3 Å². The smallest absolute Gasteiger partial charge is 0.0426 e. The summed E-state index contributed by atoms with van der Waals surface area (Å²) in [7, 11) is 0. The van der Waals surface area contributed by atoms with Crippen molar-refractivity contribution in [1.82, 2.24) is 15.6 Å². The van der Waals surface area contributed by atoms with Gasteiger partial charge in [-0.2, -0.15) is 5.12 Å². The fraction of sp³-hybridized carbons (Fsp3) is 1.00. The Morgan fingerprint density at radius 1 is 0.706 bits per heavy atom. The van der Waals surface area contributed by atoms with Gasteiger partial charge in [-0.05, 0) is 25.7 Å². The highest BCUT2D eigenvalue weighted by Crippen LogP contribution is 2.29. The molecule has 3 fully saturated rings. The second-order valence-electron chi connectivity index (χ2n) is 5.99. The molecule has 17 heavy (non-hydrogen) atoms. The number of nitrogens with zero attached hydrogens (tertiary/aromatic N) is 2. The second-order valence-corrected chi connectivity index (χ2v) is 5.99. The Morgan fingerprint density at radius 2 is 1.41 bits per heavy atom. The van der Waals surface area contributed by atoms with Gasteiger partial charge in [-0.1, -0.05) is 38.5 Å². The Labute approximate surface area is 105 Å². The van der Waals surface area contributed by atoms with Gasteiger partial charge in [0.15, 0.2) is 0 Å². The fourth-order valence-corrected chi connectivity index (χ4v) is 3.79. The van der Waals surface area contributed by atoms with Crippen LogP contribution < -0.4 is 5.43 Å². The normalized spacial score (nSPS) is 37.4. The van der Waals surface area contributed by atoms with Gasteiger partial charge in [0.05, 0.1) is 0 Å². The van der Waals surface area contributed by atoms with Crippen molar-refractivity contribution < 1.29 is 0 Å². The standard InChI is InChI=1S/C14H27N3/c1-2-6-10-14-13(9-5-1)15-17-12-8-4-3-7-11-16(14)17/h13-15H,1-12H2. The molecule has 0 bridgehead atoms. The first-order chi connectivity index (χ1) is 8.45. The van der Waals surface area contributed by atoms with Crippen LogP contribution in [0.15, 0.2) is 0 Å². The van der Waals surface area contributed by atoms with Gasteiger partial charge in [0.1, 0.15) is 0 Å². The minimum atomic E-state index is 0.744. The molecular formula is C14H27N3. The SMILES string of the molecule is C1CCCC2C(CC1)NN1CCCCCCN21. The average Bonchev–Trinajstić information content (AvgIpc) is 2.55. The molecule has 2 unspecified atom stereocenters. The first kappa shape index (κ1) is 11.9. The molecule has 1 N–H and O–H groups in total. The third-order valence-corrected chi connectivity index (χ3v) is 4.74. The number of hydrogen-bond donors (Lipinski definition) is 1. The van der Waals surface area contributed by atoms with Gasteiger partial charge in [-0.15, -0.1) is 0 Å². The van der Waals surface area contributed by atoms with Gasteiger partial charge in [-0.3, -0.25) is 0 Å². The van der Waals surface area contributed by atoms with E-state index in [1.165, 1.54) is 77.3 Å². The lowest BCUT2D eigenvalue weighted by Gasteiger charge is -2.33. The third kappa shape index (κ3) is 2.67. The van der Waals surface area contributed by atoms with Gasteiger partial charge >= 0.3 is 0 Å². The summed E-state index contributed by atoms with van der Waals surface area (Å²) in [6.07, 6.45) is 14.2. The molecule has 0 aromatic rings. The summed E-state index contributed by atoms with van der Waals surface area (Å²) in [6, 6.07) is 1.54. The van der Waals surface area contributed by atoms with E-state index in [4.69, 9.17) is 0 Å². The molecule has 0 aromatic carbocycles. The predicted molar refractivity (Wildman–Crippen MR) is 70.3 cm³/mol. The zero-order valence-electron chi connectivity index (χ0n) is 11.0. The second kappa shape index (κ2) is 5.68. The van der Waals surface area contributed by atoms with E-state index in [0.717, 1.165) is 12.1 Å². The van der Waals surface area contributed by atoms with E-state index in [2.05, 4.69) is 15.6 Å². The highest BCUT2D eigenvalue weighted by atomic mass is 15.8. The van der Waals surface area contributed by atoms with Crippen molar-refractivity contribution >= 4 is 0 Å². The van der Waals surface area contributed by atoms with Gasteiger partial charge in [0, 0.05) is 25.2 Å². The number of hydrogen-bond acceptors (Lipinski definition) is 3. The molecule has 0 spiro atoms. The van der Waals surface area contributed by atoms with E-state index < -0.39 is 0 Å². The van der Waals surface area contributed by atoms with E-state index in [1.807, 2.05) is 0 Å². The van der Waals surface area contributed by atoms with Crippen molar-refractivity contribution in [3.05, 3.63) is 0 Å². The Kier molecular flexibility index (Phi) is 3.99. The molecule has 1 aliphatic carbocycles. The highest BCUT2D eigenvalue weighted by Gasteiger charge is 2.38. The summed E-state index contributed by atoms with van der Waals surface area (Å²) in [5, 5.41) is 5.15. The molecule has 3 rings (SSSR count). The minimum absolute atomic E-state index is 0.744. The number of nitrogens with one attached hydrogen (secondary N) is 1. The maximum Gasteiger partial charge on any atom is 0.0426 e. The fourth-order valence-electron chi connectivity index (χ4n) is 3.79. The van der Waals surface area contributed by atoms with Gasteiger partial charge < -0.3 is 0 Å². The monoisotopic (exact) mass is 237 g/mol. The Balaban J connectivity index is 1.69. The first-order valence-corrected chi connectivity index (χ1v) is 7.75. The predicted octanol–water partition coefficient (Wildman–Crippen LogP) is 2.69. The molecular weight excluding hydrogens is 210 g/mol. The Hall–Kier alpha value is -0.120. The Bertz CT molecular complexity index is 220. The number of rotatable bonds is 0. The van der Waals surface area contributed by atoms with Crippen LogP contribution >= 0.6 is 0 Å². The first-order valence-electron chi connectivity index (χ1n) is 7.75. The lowest BCUT2D eigenvalue weighted by molar-refractivity contribution is -0.0438. The summed E-state index contributed by atoms with van der Waals surface area (Å²) in [5.74, 6) is 0. The van der Waals surface area contributed by atoms with Crippen molar-refractivity contribution in [2.45, 2.75) is 76.3 Å². The van der Waals surface area contributed by atoms with Crippen LogP contribution in [0.5, 0.6) is 0 Å². The molecule has 2 aliphatic heterocycles. The van der Waals surface area contributed by atoms with Gasteiger partial charge in [0.25, 0.3) is 0 Å². The van der Waals surface area contributed by atoms with E-state index in [1.54, 1.807) is 0 Å². The molecule has 1 saturated carbocycles. The maximum absolute atomic E-state index is 3.79. The molecule has 2 atom stereocenters. The van der Waals surface area contributed by atoms with Gasteiger partial charge in [-0.25, -0.2) is 10.4 Å². The number of hydrazine groups is 2. The molecule has 0 amide bonds. The molecule has 3 nitrogen and oxygen atoms in total. The lowest BCUT2D eigenvalue weighted by Crippen LogP contribution is -2.46. The van der Waals surface area contributed by atoms with Crippen molar-refractivity contribution in [3.63, 3.8) is 0 Å². The van der Waals surface area contributed by atoms with Crippen molar-refractivity contribution in [2.75, 3.05) is 13.1 Å². The summed E-state index contributed by atoms with van der Waals surface area (Å²) < 4.78 is 0. The summed E-state index contributed by atoms with van der Waals surface area (Å²) in [6.45, 7) is 2.52. The van der Waals surface area contributed by atoms with Crippen LogP contribution in [0.2, 0.25) is 0 Å². The minimum Gasteiger partial charge on any atom is -0.237 e. The third-order valence-electron chi connectivity index (χ3n) is 4.74. The molecule has 2 heterocycles. The lowest BCUT2D eigenvalue weighted by atomic mass is 9.93. The highest BCUT2D eigenvalue weighted by molar-refractivity contribution is 4.89. The van der Waals surface area contributed by atoms with E-state index in [9.17, 15) is 0 Å². The number of fused-ring (bicyclic) bond motifs is 3. The molecule has 98 valence electrons. The molecule has 2 saturated heterocycles. The van der Waals surface area contributed by atoms with Crippen molar-refractivity contribution in [2.24, 2.45) is 0 Å². The topological polar surface area (TPSA) is 18.5 Å². The van der Waals surface area contributed by atoms with Gasteiger partial charge in [0.2, 0.25) is 0 Å². The van der Waals surface area contributed by atoms with Crippen LogP contribution in [0.3, 0.4) is 0 Å². The van der Waals surface area contributed by atoms with E-state index in [-0.39, 0.29) is 0 Å². The van der Waals surface area contributed by atoms with Crippen LogP contribution in [0.4, 0.5) is 0 Å². The zero-order chi connectivity index (χ0) is 11.5. The van der Waals surface area contributed by atoms with Crippen molar-refractivity contribution in [1.29, 1.82) is 0 Å². The van der Waals surface area contributed by atoms with E-state index in [0.29, 0.717) is 0 Å². The van der Waals surface area contributed by atoms with Crippen LogP contribution in [0, 0.1) is 0 Å².